The first-order valence-corrected chi connectivity index (χ1v) is 7.15. The average Bonchev–Trinajstić information content (AvgIpc) is 2.94. The Labute approximate surface area is 133 Å². The molecule has 0 aliphatic carbocycles. The van der Waals surface area contributed by atoms with Crippen molar-refractivity contribution in [2.75, 3.05) is 7.11 Å². The Balaban J connectivity index is 2.18. The number of aromatic amines is 1. The number of aromatic nitrogens is 1. The van der Waals surface area contributed by atoms with Gasteiger partial charge in [-0.2, -0.15) is 0 Å². The fraction of sp³-hybridized carbons (Fsp3) is 0.250. The summed E-state index contributed by atoms with van der Waals surface area (Å²) in [5.41, 5.74) is 2.28. The minimum absolute atomic E-state index is 0.0553. The summed E-state index contributed by atoms with van der Waals surface area (Å²) in [6.07, 6.45) is 1.58. The van der Waals surface area contributed by atoms with Gasteiger partial charge < -0.3 is 15.0 Å². The molecule has 116 valence electrons. The first-order valence-electron chi connectivity index (χ1n) is 6.77. The number of H-pyrrole nitrogens is 1. The van der Waals surface area contributed by atoms with E-state index in [1.54, 1.807) is 0 Å². The molecule has 0 radical (unpaired) electrons. The molecule has 0 aliphatic heterocycles. The van der Waals surface area contributed by atoms with Crippen LogP contribution in [0.1, 0.15) is 34.1 Å². The minimum atomic E-state index is -0.470. The zero-order valence-corrected chi connectivity index (χ0v) is 13.1. The van der Waals surface area contributed by atoms with E-state index in [1.165, 1.54) is 19.4 Å². The highest BCUT2D eigenvalue weighted by Gasteiger charge is 2.20. The monoisotopic (exact) mass is 320 g/mol. The van der Waals surface area contributed by atoms with E-state index in [0.717, 1.165) is 11.1 Å². The predicted octanol–water partition coefficient (Wildman–Crippen LogP) is 3.01. The number of carbonyl (C=O) groups is 2. The van der Waals surface area contributed by atoms with Crippen LogP contribution >= 0.6 is 11.6 Å². The largest absolute Gasteiger partial charge is 0.469 e. The smallest absolute Gasteiger partial charge is 0.307 e. The third-order valence-corrected chi connectivity index (χ3v) is 3.49. The molecule has 1 aromatic carbocycles. The highest BCUT2D eigenvalue weighted by atomic mass is 35.5. The van der Waals surface area contributed by atoms with Crippen LogP contribution in [0.15, 0.2) is 36.5 Å². The van der Waals surface area contributed by atoms with Crippen LogP contribution in [0.5, 0.6) is 0 Å². The van der Waals surface area contributed by atoms with Crippen LogP contribution in [-0.2, 0) is 9.53 Å². The summed E-state index contributed by atoms with van der Waals surface area (Å²) in [7, 11) is 1.32. The molecule has 22 heavy (non-hydrogen) atoms. The third kappa shape index (κ3) is 4.11. The number of esters is 1. The molecule has 0 fully saturated rings. The first-order chi connectivity index (χ1) is 10.5. The fourth-order valence-electron chi connectivity index (χ4n) is 2.04. The Kier molecular flexibility index (Phi) is 5.22. The second kappa shape index (κ2) is 7.13. The number of ether oxygens (including phenoxy) is 1. The lowest BCUT2D eigenvalue weighted by atomic mass is 10.0. The van der Waals surface area contributed by atoms with E-state index in [1.807, 2.05) is 31.2 Å². The van der Waals surface area contributed by atoms with Crippen LogP contribution < -0.4 is 5.32 Å². The highest BCUT2D eigenvalue weighted by molar-refractivity contribution is 6.30. The van der Waals surface area contributed by atoms with Gasteiger partial charge in [-0.15, -0.1) is 0 Å². The van der Waals surface area contributed by atoms with E-state index in [0.29, 0.717) is 10.7 Å². The van der Waals surface area contributed by atoms with Crippen LogP contribution in [-0.4, -0.2) is 24.0 Å². The SMILES string of the molecule is COC(=O)C[C@H](NC(=O)c1cc(Cl)c[nH]1)c1ccc(C)cc1. The van der Waals surface area contributed by atoms with Crippen LogP contribution in [0.3, 0.4) is 0 Å². The molecule has 0 unspecified atom stereocenters. The quantitative estimate of drug-likeness (QED) is 0.832. The number of amides is 1. The molecule has 5 nitrogen and oxygen atoms in total. The van der Waals surface area contributed by atoms with Crippen LogP contribution in [0.25, 0.3) is 0 Å². The molecule has 0 saturated heterocycles. The molecule has 2 N–H and O–H groups in total. The Bertz CT molecular complexity index is 664. The Hall–Kier alpha value is -2.27. The van der Waals surface area contributed by atoms with Gasteiger partial charge in [0, 0.05) is 6.20 Å². The van der Waals surface area contributed by atoms with Crippen molar-refractivity contribution in [2.24, 2.45) is 0 Å². The maximum Gasteiger partial charge on any atom is 0.307 e. The molecular weight excluding hydrogens is 304 g/mol. The van der Waals surface area contributed by atoms with Gasteiger partial charge in [-0.1, -0.05) is 41.4 Å². The predicted molar refractivity (Wildman–Crippen MR) is 83.8 cm³/mol. The molecular formula is C16H17ClN2O3. The van der Waals surface area contributed by atoms with E-state index in [2.05, 4.69) is 10.3 Å². The zero-order valence-electron chi connectivity index (χ0n) is 12.4. The van der Waals surface area contributed by atoms with Crippen molar-refractivity contribution < 1.29 is 14.3 Å². The molecule has 0 bridgehead atoms. The molecule has 0 aliphatic rings. The summed E-state index contributed by atoms with van der Waals surface area (Å²) in [6, 6.07) is 8.67. The summed E-state index contributed by atoms with van der Waals surface area (Å²) in [5, 5.41) is 3.27. The number of carbonyl (C=O) groups excluding carboxylic acids is 2. The van der Waals surface area contributed by atoms with Crippen molar-refractivity contribution in [2.45, 2.75) is 19.4 Å². The fourth-order valence-corrected chi connectivity index (χ4v) is 2.20. The zero-order chi connectivity index (χ0) is 16.1. The average molecular weight is 321 g/mol. The molecule has 1 aromatic heterocycles. The topological polar surface area (TPSA) is 71.2 Å². The summed E-state index contributed by atoms with van der Waals surface area (Å²) in [4.78, 5) is 26.6. The van der Waals surface area contributed by atoms with Crippen LogP contribution in [0.2, 0.25) is 5.02 Å². The molecule has 0 saturated carbocycles. The second-order valence-corrected chi connectivity index (χ2v) is 5.38. The van der Waals surface area contributed by atoms with Crippen molar-refractivity contribution in [1.82, 2.24) is 10.3 Å². The van der Waals surface area contributed by atoms with Gasteiger partial charge in [0.05, 0.1) is 24.6 Å². The van der Waals surface area contributed by atoms with Gasteiger partial charge in [0.15, 0.2) is 0 Å². The van der Waals surface area contributed by atoms with Crippen LogP contribution in [0.4, 0.5) is 0 Å². The molecule has 2 aromatic rings. The number of rotatable bonds is 5. The summed E-state index contributed by atoms with van der Waals surface area (Å²) >= 11 is 5.80. The number of hydrogen-bond donors (Lipinski definition) is 2. The Morgan fingerprint density at radius 3 is 2.55 bits per heavy atom. The lowest BCUT2D eigenvalue weighted by Gasteiger charge is -2.18. The number of aryl methyl sites for hydroxylation is 1. The van der Waals surface area contributed by atoms with Gasteiger partial charge in [0.25, 0.3) is 5.91 Å². The Morgan fingerprint density at radius 1 is 1.32 bits per heavy atom. The summed E-state index contributed by atoms with van der Waals surface area (Å²) in [6.45, 7) is 1.97. The summed E-state index contributed by atoms with van der Waals surface area (Å²) < 4.78 is 4.70. The van der Waals surface area contributed by atoms with Crippen molar-refractivity contribution in [3.05, 3.63) is 58.4 Å². The molecule has 1 amide bonds. The van der Waals surface area contributed by atoms with E-state index >= 15 is 0 Å². The van der Waals surface area contributed by atoms with Gasteiger partial charge in [0.1, 0.15) is 5.69 Å². The molecule has 1 atom stereocenters. The first kappa shape index (κ1) is 16.1. The standard InChI is InChI=1S/C16H17ClN2O3/c1-10-3-5-11(6-4-10)13(8-15(20)22-2)19-16(21)14-7-12(17)9-18-14/h3-7,9,13,18H,8H2,1-2H3,(H,19,21)/t13-/m0/s1. The Morgan fingerprint density at radius 2 is 2.00 bits per heavy atom. The van der Waals surface area contributed by atoms with Crippen molar-refractivity contribution in [3.8, 4) is 0 Å². The van der Waals surface area contributed by atoms with Gasteiger partial charge >= 0.3 is 5.97 Å². The van der Waals surface area contributed by atoms with Gasteiger partial charge in [-0.3, -0.25) is 9.59 Å². The van der Waals surface area contributed by atoms with E-state index in [9.17, 15) is 9.59 Å². The maximum absolute atomic E-state index is 12.2. The number of benzene rings is 1. The summed E-state index contributed by atoms with van der Waals surface area (Å²) in [5.74, 6) is -0.725. The van der Waals surface area contributed by atoms with Crippen molar-refractivity contribution in [1.29, 1.82) is 0 Å². The molecule has 1 heterocycles. The lowest BCUT2D eigenvalue weighted by molar-refractivity contribution is -0.141. The van der Waals surface area contributed by atoms with Gasteiger partial charge in [-0.25, -0.2) is 0 Å². The number of nitrogens with one attached hydrogen (secondary N) is 2. The minimum Gasteiger partial charge on any atom is -0.469 e. The van der Waals surface area contributed by atoms with Crippen molar-refractivity contribution >= 4 is 23.5 Å². The van der Waals surface area contributed by atoms with E-state index in [4.69, 9.17) is 16.3 Å². The van der Waals surface area contributed by atoms with Crippen molar-refractivity contribution in [3.63, 3.8) is 0 Å². The molecule has 0 spiro atoms. The molecule has 2 rings (SSSR count). The van der Waals surface area contributed by atoms with Gasteiger partial charge in [0.2, 0.25) is 0 Å². The number of halogens is 1. The lowest BCUT2D eigenvalue weighted by Crippen LogP contribution is -2.30. The number of methoxy groups -OCH3 is 1. The normalized spacial score (nSPS) is 11.8. The number of hydrogen-bond acceptors (Lipinski definition) is 3. The molecule has 6 heteroatoms. The van der Waals surface area contributed by atoms with E-state index in [-0.39, 0.29) is 12.3 Å². The second-order valence-electron chi connectivity index (χ2n) is 4.95. The highest BCUT2D eigenvalue weighted by Crippen LogP contribution is 2.19. The maximum atomic E-state index is 12.2. The van der Waals surface area contributed by atoms with Gasteiger partial charge in [-0.05, 0) is 18.6 Å². The van der Waals surface area contributed by atoms with E-state index < -0.39 is 12.0 Å². The van der Waals surface area contributed by atoms with Crippen LogP contribution in [0, 0.1) is 6.92 Å². The third-order valence-electron chi connectivity index (χ3n) is 3.28.